The summed E-state index contributed by atoms with van der Waals surface area (Å²) >= 11 is 0. The summed E-state index contributed by atoms with van der Waals surface area (Å²) < 4.78 is 5.08. The Balaban J connectivity index is 2.54. The van der Waals surface area contributed by atoms with E-state index < -0.39 is 0 Å². The highest BCUT2D eigenvalue weighted by atomic mass is 16.5. The molecule has 80 valence electrons. The van der Waals surface area contributed by atoms with E-state index in [0.717, 1.165) is 11.1 Å². The number of phenolic OH excluding ortho intramolecular Hbond substituents is 1. The Bertz CT molecular complexity index is 412. The van der Waals surface area contributed by atoms with Crippen molar-refractivity contribution in [1.82, 2.24) is 4.90 Å². The summed E-state index contributed by atoms with van der Waals surface area (Å²) in [6.07, 6.45) is 4.06. The summed E-state index contributed by atoms with van der Waals surface area (Å²) in [5, 5.41) is 9.70. The topological polar surface area (TPSA) is 32.7 Å². The van der Waals surface area contributed by atoms with Gasteiger partial charge in [-0.3, -0.25) is 0 Å². The lowest BCUT2D eigenvalue weighted by atomic mass is 9.97. The second-order valence-electron chi connectivity index (χ2n) is 3.81. The van der Waals surface area contributed by atoms with E-state index >= 15 is 0 Å². The molecule has 1 aromatic carbocycles. The molecule has 3 heteroatoms. The van der Waals surface area contributed by atoms with Crippen LogP contribution in [-0.4, -0.2) is 24.2 Å². The third kappa shape index (κ3) is 1.54. The van der Waals surface area contributed by atoms with Gasteiger partial charge in [0.25, 0.3) is 0 Å². The van der Waals surface area contributed by atoms with Gasteiger partial charge >= 0.3 is 0 Å². The number of benzene rings is 1. The zero-order valence-corrected chi connectivity index (χ0v) is 9.19. The van der Waals surface area contributed by atoms with E-state index in [2.05, 4.69) is 11.8 Å². The molecule has 0 radical (unpaired) electrons. The lowest BCUT2D eigenvalue weighted by Gasteiger charge is -2.29. The van der Waals surface area contributed by atoms with E-state index in [1.807, 2.05) is 25.4 Å². The SMILES string of the molecule is COc1cc2c(cc1O)C(C)N(C)C=C2. The van der Waals surface area contributed by atoms with Crippen molar-refractivity contribution in [3.63, 3.8) is 0 Å². The molecule has 1 aromatic rings. The Kier molecular flexibility index (Phi) is 2.31. The van der Waals surface area contributed by atoms with Crippen molar-refractivity contribution in [2.45, 2.75) is 13.0 Å². The maximum Gasteiger partial charge on any atom is 0.161 e. The lowest BCUT2D eigenvalue weighted by Crippen LogP contribution is -2.19. The molecule has 1 N–H and O–H groups in total. The third-order valence-corrected chi connectivity index (χ3v) is 2.93. The van der Waals surface area contributed by atoms with E-state index in [9.17, 15) is 5.11 Å². The van der Waals surface area contributed by atoms with Gasteiger partial charge in [0.15, 0.2) is 11.5 Å². The van der Waals surface area contributed by atoms with Gasteiger partial charge in [0.05, 0.1) is 13.2 Å². The van der Waals surface area contributed by atoms with Crippen LogP contribution in [0.3, 0.4) is 0 Å². The summed E-state index contributed by atoms with van der Waals surface area (Å²) in [4.78, 5) is 2.11. The number of ether oxygens (including phenoxy) is 1. The summed E-state index contributed by atoms with van der Waals surface area (Å²) in [6, 6.07) is 3.92. The molecule has 0 amide bonds. The van der Waals surface area contributed by atoms with Crippen LogP contribution in [0, 0.1) is 0 Å². The minimum Gasteiger partial charge on any atom is -0.504 e. The van der Waals surface area contributed by atoms with Crippen molar-refractivity contribution < 1.29 is 9.84 Å². The van der Waals surface area contributed by atoms with Crippen molar-refractivity contribution in [2.24, 2.45) is 0 Å². The second kappa shape index (κ2) is 3.50. The van der Waals surface area contributed by atoms with Gasteiger partial charge in [0.2, 0.25) is 0 Å². The Hall–Kier alpha value is -1.64. The van der Waals surface area contributed by atoms with Crippen LogP contribution >= 0.6 is 0 Å². The molecule has 3 nitrogen and oxygen atoms in total. The number of hydrogen-bond acceptors (Lipinski definition) is 3. The number of hydrogen-bond donors (Lipinski definition) is 1. The van der Waals surface area contributed by atoms with E-state index in [0.29, 0.717) is 5.75 Å². The second-order valence-corrected chi connectivity index (χ2v) is 3.81. The molecule has 0 fully saturated rings. The van der Waals surface area contributed by atoms with Gasteiger partial charge in [0.1, 0.15) is 0 Å². The minimum absolute atomic E-state index is 0.201. The van der Waals surface area contributed by atoms with Gasteiger partial charge in [-0.25, -0.2) is 0 Å². The number of rotatable bonds is 1. The van der Waals surface area contributed by atoms with Crippen molar-refractivity contribution in [3.05, 3.63) is 29.5 Å². The molecule has 15 heavy (non-hydrogen) atoms. The molecule has 2 rings (SSSR count). The molecule has 1 heterocycles. The number of nitrogens with zero attached hydrogens (tertiary/aromatic N) is 1. The number of methoxy groups -OCH3 is 1. The maximum atomic E-state index is 9.70. The van der Waals surface area contributed by atoms with Crippen LogP contribution in [0.4, 0.5) is 0 Å². The average molecular weight is 205 g/mol. The number of phenols is 1. The molecular formula is C12H15NO2. The molecule has 1 aliphatic heterocycles. The summed E-state index contributed by atoms with van der Waals surface area (Å²) in [5.74, 6) is 0.724. The van der Waals surface area contributed by atoms with Gasteiger partial charge in [-0.1, -0.05) is 0 Å². The van der Waals surface area contributed by atoms with Crippen LogP contribution in [0.5, 0.6) is 11.5 Å². The van der Waals surface area contributed by atoms with Gasteiger partial charge in [0, 0.05) is 7.05 Å². The Morgan fingerprint density at radius 2 is 2.13 bits per heavy atom. The van der Waals surface area contributed by atoms with Crippen LogP contribution in [0.1, 0.15) is 24.1 Å². The van der Waals surface area contributed by atoms with Gasteiger partial charge < -0.3 is 14.7 Å². The summed E-state index contributed by atoms with van der Waals surface area (Å²) in [6.45, 7) is 2.11. The van der Waals surface area contributed by atoms with Crippen molar-refractivity contribution in [2.75, 3.05) is 14.2 Å². The Labute approximate surface area is 89.6 Å². The zero-order valence-electron chi connectivity index (χ0n) is 9.19. The van der Waals surface area contributed by atoms with E-state index in [-0.39, 0.29) is 11.8 Å². The highest BCUT2D eigenvalue weighted by Gasteiger charge is 2.18. The monoisotopic (exact) mass is 205 g/mol. The molecule has 1 unspecified atom stereocenters. The molecule has 1 atom stereocenters. The number of fused-ring (bicyclic) bond motifs is 1. The largest absolute Gasteiger partial charge is 0.504 e. The third-order valence-electron chi connectivity index (χ3n) is 2.93. The van der Waals surface area contributed by atoms with Crippen LogP contribution in [-0.2, 0) is 0 Å². The first-order chi connectivity index (χ1) is 7.13. The molecule has 1 aliphatic rings. The first kappa shape index (κ1) is 9.90. The normalized spacial score (nSPS) is 18.9. The predicted octanol–water partition coefficient (Wildman–Crippen LogP) is 2.38. The van der Waals surface area contributed by atoms with E-state index in [1.54, 1.807) is 13.2 Å². The van der Waals surface area contributed by atoms with Crippen molar-refractivity contribution in [1.29, 1.82) is 0 Å². The minimum atomic E-state index is 0.201. The van der Waals surface area contributed by atoms with Crippen molar-refractivity contribution >= 4 is 6.08 Å². The quantitative estimate of drug-likeness (QED) is 0.764. The highest BCUT2D eigenvalue weighted by Crippen LogP contribution is 2.36. The fourth-order valence-corrected chi connectivity index (χ4v) is 1.82. The van der Waals surface area contributed by atoms with Crippen molar-refractivity contribution in [3.8, 4) is 11.5 Å². The van der Waals surface area contributed by atoms with Gasteiger partial charge in [-0.15, -0.1) is 0 Å². The van der Waals surface area contributed by atoms with Gasteiger partial charge in [-0.05, 0) is 42.5 Å². The lowest BCUT2D eigenvalue weighted by molar-refractivity contribution is 0.349. The molecular weight excluding hydrogens is 190 g/mol. The van der Waals surface area contributed by atoms with Crippen LogP contribution in [0.25, 0.3) is 6.08 Å². The molecule has 0 aromatic heterocycles. The zero-order chi connectivity index (χ0) is 11.0. The molecule has 0 spiro atoms. The Morgan fingerprint density at radius 1 is 1.40 bits per heavy atom. The molecule has 0 bridgehead atoms. The Morgan fingerprint density at radius 3 is 2.80 bits per heavy atom. The smallest absolute Gasteiger partial charge is 0.161 e. The number of aromatic hydroxyl groups is 1. The van der Waals surface area contributed by atoms with Crippen LogP contribution < -0.4 is 4.74 Å². The first-order valence-corrected chi connectivity index (χ1v) is 4.94. The highest BCUT2D eigenvalue weighted by molar-refractivity contribution is 5.62. The summed E-state index contributed by atoms with van der Waals surface area (Å²) in [5.41, 5.74) is 2.23. The first-order valence-electron chi connectivity index (χ1n) is 4.94. The predicted molar refractivity (Wildman–Crippen MR) is 59.9 cm³/mol. The maximum absolute atomic E-state index is 9.70. The van der Waals surface area contributed by atoms with Gasteiger partial charge in [-0.2, -0.15) is 0 Å². The average Bonchev–Trinajstić information content (AvgIpc) is 2.24. The molecule has 0 aliphatic carbocycles. The fourth-order valence-electron chi connectivity index (χ4n) is 1.82. The van der Waals surface area contributed by atoms with Crippen LogP contribution in [0.15, 0.2) is 18.3 Å². The summed E-state index contributed by atoms with van der Waals surface area (Å²) in [7, 11) is 3.58. The fraction of sp³-hybridized carbons (Fsp3) is 0.333. The van der Waals surface area contributed by atoms with E-state index in [4.69, 9.17) is 4.74 Å². The van der Waals surface area contributed by atoms with Crippen LogP contribution in [0.2, 0.25) is 0 Å². The van der Waals surface area contributed by atoms with E-state index in [1.165, 1.54) is 0 Å². The standard InChI is InChI=1S/C12H15NO2/c1-8-10-7-11(14)12(15-3)6-9(10)4-5-13(8)2/h4-8,14H,1-3H3. The molecule has 0 saturated carbocycles. The molecule has 0 saturated heterocycles.